The smallest absolute Gasteiger partial charge is 0.416 e. The van der Waals surface area contributed by atoms with Crippen molar-refractivity contribution in [2.24, 2.45) is 0 Å². The molecule has 8 heteroatoms. The second-order valence-electron chi connectivity index (χ2n) is 2.97. The number of carboxylic acid groups (broad SMARTS) is 1. The van der Waals surface area contributed by atoms with Crippen LogP contribution in [-0.4, -0.2) is 40.0 Å². The molecule has 0 saturated heterocycles. The fourth-order valence-electron chi connectivity index (χ4n) is 0.736. The van der Waals surface area contributed by atoms with Gasteiger partial charge >= 0.3 is 12.3 Å². The quantitative estimate of drug-likeness (QED) is 0.841. The maximum atomic E-state index is 11.3. The summed E-state index contributed by atoms with van der Waals surface area (Å²) in [6.45, 7) is 1.10. The van der Waals surface area contributed by atoms with Gasteiger partial charge in [0.15, 0.2) is 0 Å². The van der Waals surface area contributed by atoms with Gasteiger partial charge in [-0.3, -0.25) is 0 Å². The molecule has 5 nitrogen and oxygen atoms in total. The van der Waals surface area contributed by atoms with Gasteiger partial charge in [0.05, 0.1) is 0 Å². The number of alkyl halides is 3. The lowest BCUT2D eigenvalue weighted by atomic mass is 10.5. The molecule has 1 heterocycles. The van der Waals surface area contributed by atoms with Crippen molar-refractivity contribution in [2.45, 2.75) is 19.5 Å². The van der Waals surface area contributed by atoms with Gasteiger partial charge in [0.2, 0.25) is 0 Å². The minimum absolute atomic E-state index is 0.305. The topological polar surface area (TPSA) is 69.2 Å². The molecule has 0 aromatic carbocycles. The van der Waals surface area contributed by atoms with Gasteiger partial charge in [0, 0.05) is 12.4 Å². The predicted molar refractivity (Wildman–Crippen MR) is 55.1 cm³/mol. The molecular formula is C9H13F3N3O2-. The Morgan fingerprint density at radius 3 is 2.47 bits per heavy atom. The summed E-state index contributed by atoms with van der Waals surface area (Å²) in [5.74, 6) is 0. The molecule has 0 atom stereocenters. The summed E-state index contributed by atoms with van der Waals surface area (Å²) >= 11 is 0. The van der Waals surface area contributed by atoms with Gasteiger partial charge in [-0.2, -0.15) is 13.2 Å². The number of hydrogen-bond acceptors (Lipinski definition) is 2. The number of imidazole rings is 1. The highest BCUT2D eigenvalue weighted by molar-refractivity contribution is 5.67. The first-order valence-corrected chi connectivity index (χ1v) is 4.78. The van der Waals surface area contributed by atoms with Gasteiger partial charge in [-0.1, -0.05) is 19.9 Å². The first-order valence-electron chi connectivity index (χ1n) is 4.78. The molecule has 0 saturated carbocycles. The van der Waals surface area contributed by atoms with Crippen LogP contribution in [0, 0.1) is 0 Å². The lowest BCUT2D eigenvalue weighted by Gasteiger charge is -2.19. The van der Waals surface area contributed by atoms with Crippen molar-refractivity contribution >= 4 is 6.09 Å². The van der Waals surface area contributed by atoms with E-state index >= 15 is 0 Å². The van der Waals surface area contributed by atoms with Gasteiger partial charge < -0.3 is 10.4 Å². The molecule has 0 bridgehead atoms. The van der Waals surface area contributed by atoms with Crippen LogP contribution in [0.5, 0.6) is 0 Å². The maximum absolute atomic E-state index is 11.3. The van der Waals surface area contributed by atoms with E-state index in [2.05, 4.69) is 10.3 Å². The summed E-state index contributed by atoms with van der Waals surface area (Å²) in [4.78, 5) is 13.5. The van der Waals surface area contributed by atoms with E-state index in [1.807, 2.05) is 0 Å². The minimum atomic E-state index is -4.12. The summed E-state index contributed by atoms with van der Waals surface area (Å²) in [5, 5.41) is 11.4. The van der Waals surface area contributed by atoms with Crippen LogP contribution in [0.1, 0.15) is 13.3 Å². The Kier molecular flexibility index (Phi) is 6.95. The van der Waals surface area contributed by atoms with Crippen molar-refractivity contribution in [3.8, 4) is 0 Å². The Bertz CT molecular complexity index is 312. The summed E-state index contributed by atoms with van der Waals surface area (Å²) in [7, 11) is 0. The summed E-state index contributed by atoms with van der Waals surface area (Å²) in [6, 6.07) is 0. The highest BCUT2D eigenvalue weighted by Gasteiger charge is 2.20. The number of rotatable bonds is 3. The zero-order chi connectivity index (χ0) is 13.3. The van der Waals surface area contributed by atoms with E-state index in [0.29, 0.717) is 13.0 Å². The van der Waals surface area contributed by atoms with E-state index in [1.54, 1.807) is 6.92 Å². The average molecular weight is 252 g/mol. The normalized spacial score (nSPS) is 10.6. The molecular weight excluding hydrogens is 239 g/mol. The second kappa shape index (κ2) is 7.66. The van der Waals surface area contributed by atoms with Crippen molar-refractivity contribution in [1.82, 2.24) is 9.55 Å². The van der Waals surface area contributed by atoms with E-state index in [9.17, 15) is 18.0 Å². The molecule has 0 aliphatic carbocycles. The van der Waals surface area contributed by atoms with Crippen LogP contribution in [0.2, 0.25) is 0 Å². The molecule has 0 radical (unpaired) electrons. The van der Waals surface area contributed by atoms with Crippen molar-refractivity contribution in [3.63, 3.8) is 0 Å². The number of nitrogens with zero attached hydrogens (tertiary/aromatic N) is 3. The van der Waals surface area contributed by atoms with Gasteiger partial charge in [0.25, 0.3) is 0 Å². The van der Waals surface area contributed by atoms with E-state index in [1.165, 1.54) is 18.7 Å². The molecule has 0 aliphatic rings. The number of halogens is 3. The van der Waals surface area contributed by atoms with Crippen LogP contribution >= 0.6 is 0 Å². The molecule has 0 spiro atoms. The number of hydrogen-bond donors (Lipinski definition) is 1. The summed E-state index contributed by atoms with van der Waals surface area (Å²) in [6.07, 6.45) is -0.452. The van der Waals surface area contributed by atoms with Crippen LogP contribution in [-0.2, 0) is 0 Å². The van der Waals surface area contributed by atoms with Crippen molar-refractivity contribution in [3.05, 3.63) is 24.0 Å². The Labute approximate surface area is 96.3 Å². The third-order valence-corrected chi connectivity index (χ3v) is 1.40. The van der Waals surface area contributed by atoms with Crippen LogP contribution in [0.3, 0.4) is 0 Å². The van der Waals surface area contributed by atoms with Crippen LogP contribution in [0.4, 0.5) is 18.0 Å². The first kappa shape index (κ1) is 15.4. The molecule has 17 heavy (non-hydrogen) atoms. The number of carbonyl (C=O) groups is 1. The predicted octanol–water partition coefficient (Wildman–Crippen LogP) is 2.74. The highest BCUT2D eigenvalue weighted by atomic mass is 19.4. The third-order valence-electron chi connectivity index (χ3n) is 1.40. The van der Waals surface area contributed by atoms with Crippen LogP contribution in [0.15, 0.2) is 18.7 Å². The minimum Gasteiger partial charge on any atom is -0.655 e. The Morgan fingerprint density at radius 2 is 2.18 bits per heavy atom. The molecule has 1 aromatic heterocycles. The van der Waals surface area contributed by atoms with E-state index in [4.69, 9.17) is 5.11 Å². The first-order chi connectivity index (χ1) is 7.87. The average Bonchev–Trinajstić information content (AvgIpc) is 2.69. The van der Waals surface area contributed by atoms with Crippen molar-refractivity contribution in [2.75, 3.05) is 13.1 Å². The van der Waals surface area contributed by atoms with Crippen LogP contribution < -0.4 is 0 Å². The molecule has 1 aromatic rings. The Balaban J connectivity index is 0.000000302. The SMILES string of the molecule is CCC[N-]CC(F)(F)F.O=C(O)n1ccnc1. The molecule has 0 aliphatic heterocycles. The monoisotopic (exact) mass is 252 g/mol. The maximum Gasteiger partial charge on any atom is 0.416 e. The summed E-state index contributed by atoms with van der Waals surface area (Å²) in [5.41, 5.74) is 0. The fraction of sp³-hybridized carbons (Fsp3) is 0.556. The Hall–Kier alpha value is -1.57. The van der Waals surface area contributed by atoms with Gasteiger partial charge in [-0.25, -0.2) is 14.3 Å². The van der Waals surface area contributed by atoms with Crippen molar-refractivity contribution < 1.29 is 23.1 Å². The van der Waals surface area contributed by atoms with Gasteiger partial charge in [0.1, 0.15) is 6.33 Å². The third kappa shape index (κ3) is 9.36. The van der Waals surface area contributed by atoms with Gasteiger partial charge in [-0.15, -0.1) is 6.54 Å². The van der Waals surface area contributed by atoms with E-state index in [0.717, 1.165) is 4.57 Å². The molecule has 1 rings (SSSR count). The highest BCUT2D eigenvalue weighted by Crippen LogP contribution is 2.16. The lowest BCUT2D eigenvalue weighted by molar-refractivity contribution is -0.113. The molecule has 1 N–H and O–H groups in total. The van der Waals surface area contributed by atoms with Crippen molar-refractivity contribution in [1.29, 1.82) is 0 Å². The standard InChI is InChI=1S/C5H9F3N.C4H4N2O2/c1-2-3-9-4-5(6,7)8;7-4(8)6-2-1-5-3-6/h2-4H2,1H3;1-3H,(H,7,8)/q-1;. The van der Waals surface area contributed by atoms with E-state index < -0.39 is 18.8 Å². The lowest BCUT2D eigenvalue weighted by Crippen LogP contribution is -2.13. The molecule has 0 amide bonds. The largest absolute Gasteiger partial charge is 0.655 e. The zero-order valence-corrected chi connectivity index (χ0v) is 9.18. The van der Waals surface area contributed by atoms with Gasteiger partial charge in [-0.05, 0) is 0 Å². The molecule has 98 valence electrons. The summed E-state index contributed by atoms with van der Waals surface area (Å²) < 4.78 is 34.8. The fourth-order valence-corrected chi connectivity index (χ4v) is 0.736. The number of aromatic nitrogens is 2. The second-order valence-corrected chi connectivity index (χ2v) is 2.97. The van der Waals surface area contributed by atoms with Crippen LogP contribution in [0.25, 0.3) is 5.32 Å². The zero-order valence-electron chi connectivity index (χ0n) is 9.18. The van der Waals surface area contributed by atoms with E-state index in [-0.39, 0.29) is 0 Å². The Morgan fingerprint density at radius 1 is 1.53 bits per heavy atom. The molecule has 0 fully saturated rings. The molecule has 0 unspecified atom stereocenters.